The van der Waals surface area contributed by atoms with Gasteiger partial charge in [-0.15, -0.1) is 0 Å². The molecule has 1 fully saturated rings. The minimum atomic E-state index is -0.224. The van der Waals surface area contributed by atoms with E-state index in [0.29, 0.717) is 5.69 Å². The summed E-state index contributed by atoms with van der Waals surface area (Å²) in [6.07, 6.45) is 6.32. The lowest BCUT2D eigenvalue weighted by molar-refractivity contribution is 0.499. The van der Waals surface area contributed by atoms with E-state index in [2.05, 4.69) is 17.3 Å². The van der Waals surface area contributed by atoms with Gasteiger partial charge in [0.05, 0.1) is 17.9 Å². The number of hydrogen-bond donors (Lipinski definition) is 1. The van der Waals surface area contributed by atoms with Crippen LogP contribution >= 0.6 is 11.6 Å². The fourth-order valence-electron chi connectivity index (χ4n) is 2.51. The topological polar surface area (TPSA) is 46.9 Å². The normalized spacial score (nSPS) is 18.3. The number of hydrogen-bond acceptors (Lipinski definition) is 3. The van der Waals surface area contributed by atoms with Crippen LogP contribution < -0.4 is 10.9 Å². The zero-order chi connectivity index (χ0) is 13.3. The summed E-state index contributed by atoms with van der Waals surface area (Å²) in [5.74, 6) is 0. The third-order valence-corrected chi connectivity index (χ3v) is 3.94. The first-order valence-electron chi connectivity index (χ1n) is 6.48. The Kier molecular flexibility index (Phi) is 3.66. The average Bonchev–Trinajstić information content (AvgIpc) is 2.72. The summed E-state index contributed by atoms with van der Waals surface area (Å²) in [4.78, 5) is 12.0. The molecule has 1 saturated carbocycles. The van der Waals surface area contributed by atoms with Crippen molar-refractivity contribution >= 4 is 17.3 Å². The summed E-state index contributed by atoms with van der Waals surface area (Å²) >= 11 is 6.15. The van der Waals surface area contributed by atoms with Crippen molar-refractivity contribution in [3.63, 3.8) is 0 Å². The van der Waals surface area contributed by atoms with Gasteiger partial charge in [-0.2, -0.15) is 5.10 Å². The highest BCUT2D eigenvalue weighted by atomic mass is 35.5. The number of aromatic nitrogens is 2. The predicted octanol–water partition coefficient (Wildman–Crippen LogP) is 3.22. The van der Waals surface area contributed by atoms with E-state index in [1.807, 2.05) is 13.8 Å². The molecule has 0 bridgehead atoms. The van der Waals surface area contributed by atoms with Gasteiger partial charge in [0.15, 0.2) is 0 Å². The third-order valence-electron chi connectivity index (χ3n) is 3.58. The first kappa shape index (κ1) is 13.4. The van der Waals surface area contributed by atoms with Crippen LogP contribution in [0.1, 0.15) is 52.5 Å². The van der Waals surface area contributed by atoms with E-state index in [9.17, 15) is 4.79 Å². The van der Waals surface area contributed by atoms with Gasteiger partial charge in [0.2, 0.25) is 0 Å². The number of nitrogens with zero attached hydrogens (tertiary/aromatic N) is 2. The van der Waals surface area contributed by atoms with Crippen molar-refractivity contribution < 1.29 is 0 Å². The second kappa shape index (κ2) is 4.92. The molecule has 1 aromatic heterocycles. The van der Waals surface area contributed by atoms with Gasteiger partial charge in [0.25, 0.3) is 5.56 Å². The Morgan fingerprint density at radius 3 is 2.61 bits per heavy atom. The number of nitrogens with one attached hydrogen (secondary N) is 1. The Hall–Kier alpha value is -1.03. The molecule has 0 atom stereocenters. The zero-order valence-electron chi connectivity index (χ0n) is 11.2. The van der Waals surface area contributed by atoms with E-state index in [4.69, 9.17) is 11.6 Å². The third kappa shape index (κ3) is 2.53. The van der Waals surface area contributed by atoms with Crippen LogP contribution in [0.3, 0.4) is 0 Å². The molecule has 1 aromatic rings. The number of anilines is 1. The van der Waals surface area contributed by atoms with Gasteiger partial charge in [-0.05, 0) is 33.6 Å². The monoisotopic (exact) mass is 269 g/mol. The Morgan fingerprint density at radius 1 is 1.44 bits per heavy atom. The van der Waals surface area contributed by atoms with E-state index in [-0.39, 0.29) is 22.2 Å². The molecule has 0 spiro atoms. The highest BCUT2D eigenvalue weighted by molar-refractivity contribution is 6.32. The van der Waals surface area contributed by atoms with Gasteiger partial charge >= 0.3 is 0 Å². The molecule has 1 heterocycles. The molecule has 1 N–H and O–H groups in total. The Balaban J connectivity index is 2.30. The minimum Gasteiger partial charge on any atom is -0.377 e. The standard InChI is InChI=1S/C13H20ClN3O/c1-9(2)17-12(18)11(14)10(8-15-17)16-13(3)6-4-5-7-13/h8-9,16H,4-7H2,1-3H3. The number of rotatable bonds is 3. The molecule has 2 rings (SSSR count). The molecular weight excluding hydrogens is 250 g/mol. The van der Waals surface area contributed by atoms with Gasteiger partial charge in [0, 0.05) is 5.54 Å². The van der Waals surface area contributed by atoms with Crippen LogP contribution in [0.2, 0.25) is 5.02 Å². The average molecular weight is 270 g/mol. The van der Waals surface area contributed by atoms with Crippen LogP contribution in [0.4, 0.5) is 5.69 Å². The van der Waals surface area contributed by atoms with Crippen molar-refractivity contribution in [1.82, 2.24) is 9.78 Å². The summed E-state index contributed by atoms with van der Waals surface area (Å²) in [5, 5.41) is 7.80. The Morgan fingerprint density at radius 2 is 2.06 bits per heavy atom. The van der Waals surface area contributed by atoms with Crippen molar-refractivity contribution in [3.8, 4) is 0 Å². The highest BCUT2D eigenvalue weighted by Crippen LogP contribution is 2.33. The van der Waals surface area contributed by atoms with Gasteiger partial charge in [-0.3, -0.25) is 4.79 Å². The maximum atomic E-state index is 12.0. The fraction of sp³-hybridized carbons (Fsp3) is 0.692. The van der Waals surface area contributed by atoms with Gasteiger partial charge in [-0.1, -0.05) is 24.4 Å². The highest BCUT2D eigenvalue weighted by Gasteiger charge is 2.29. The van der Waals surface area contributed by atoms with Crippen molar-refractivity contribution in [1.29, 1.82) is 0 Å². The molecule has 1 aliphatic carbocycles. The summed E-state index contributed by atoms with van der Waals surface area (Å²) in [6.45, 7) is 6.00. The van der Waals surface area contributed by atoms with Crippen molar-refractivity contribution in [2.75, 3.05) is 5.32 Å². The lowest BCUT2D eigenvalue weighted by Gasteiger charge is -2.27. The van der Waals surface area contributed by atoms with E-state index >= 15 is 0 Å². The molecule has 0 aromatic carbocycles. The van der Waals surface area contributed by atoms with Gasteiger partial charge in [-0.25, -0.2) is 4.68 Å². The van der Waals surface area contributed by atoms with Crippen LogP contribution in [-0.4, -0.2) is 15.3 Å². The first-order valence-corrected chi connectivity index (χ1v) is 6.86. The quantitative estimate of drug-likeness (QED) is 0.916. The van der Waals surface area contributed by atoms with Crippen molar-refractivity contribution in [2.24, 2.45) is 0 Å². The largest absolute Gasteiger partial charge is 0.377 e. The number of halogens is 1. The fourth-order valence-corrected chi connectivity index (χ4v) is 2.69. The van der Waals surface area contributed by atoms with E-state index in [1.165, 1.54) is 17.5 Å². The Labute approximate surface area is 112 Å². The van der Waals surface area contributed by atoms with E-state index in [0.717, 1.165) is 12.8 Å². The van der Waals surface area contributed by atoms with E-state index < -0.39 is 0 Å². The molecule has 0 unspecified atom stereocenters. The van der Waals surface area contributed by atoms with Crippen LogP contribution in [0, 0.1) is 0 Å². The summed E-state index contributed by atoms with van der Waals surface area (Å²) in [7, 11) is 0. The van der Waals surface area contributed by atoms with Gasteiger partial charge in [0.1, 0.15) is 5.02 Å². The first-order chi connectivity index (χ1) is 8.43. The summed E-state index contributed by atoms with van der Waals surface area (Å²) < 4.78 is 1.41. The molecule has 0 amide bonds. The Bertz CT molecular complexity index is 489. The van der Waals surface area contributed by atoms with Crippen LogP contribution in [0.25, 0.3) is 0 Å². The van der Waals surface area contributed by atoms with Gasteiger partial charge < -0.3 is 5.32 Å². The molecule has 4 nitrogen and oxygen atoms in total. The molecule has 0 saturated heterocycles. The predicted molar refractivity (Wildman–Crippen MR) is 74.4 cm³/mol. The zero-order valence-corrected chi connectivity index (χ0v) is 11.9. The lowest BCUT2D eigenvalue weighted by atomic mass is 10.0. The smallest absolute Gasteiger partial charge is 0.287 e. The second-order valence-electron chi connectivity index (χ2n) is 5.61. The molecule has 0 radical (unpaired) electrons. The van der Waals surface area contributed by atoms with E-state index in [1.54, 1.807) is 6.20 Å². The lowest BCUT2D eigenvalue weighted by Crippen LogP contribution is -2.33. The minimum absolute atomic E-state index is 0.0196. The van der Waals surface area contributed by atoms with Crippen molar-refractivity contribution in [2.45, 2.75) is 58.0 Å². The molecule has 0 aliphatic heterocycles. The van der Waals surface area contributed by atoms with Crippen LogP contribution in [0.15, 0.2) is 11.0 Å². The van der Waals surface area contributed by atoms with Crippen LogP contribution in [-0.2, 0) is 0 Å². The molecule has 5 heteroatoms. The SMILES string of the molecule is CC(C)n1ncc(NC2(C)CCCC2)c(Cl)c1=O. The maximum Gasteiger partial charge on any atom is 0.287 e. The molecule has 18 heavy (non-hydrogen) atoms. The summed E-state index contributed by atoms with van der Waals surface area (Å²) in [6, 6.07) is 0.0196. The molecule has 100 valence electrons. The second-order valence-corrected chi connectivity index (χ2v) is 5.99. The van der Waals surface area contributed by atoms with Crippen LogP contribution in [0.5, 0.6) is 0 Å². The maximum absolute atomic E-state index is 12.0. The summed E-state index contributed by atoms with van der Waals surface area (Å²) in [5.41, 5.74) is 0.475. The van der Waals surface area contributed by atoms with Crippen molar-refractivity contribution in [3.05, 3.63) is 21.6 Å². The molecule has 1 aliphatic rings. The molecular formula is C13H20ClN3O.